The molecule has 1 N–H and O–H groups in total. The molecule has 1 aromatic carbocycles. The van der Waals surface area contributed by atoms with Gasteiger partial charge in [0, 0.05) is 37.1 Å². The van der Waals surface area contributed by atoms with Gasteiger partial charge in [-0.3, -0.25) is 14.3 Å². The van der Waals surface area contributed by atoms with E-state index in [1.165, 1.54) is 0 Å². The molecule has 6 nitrogen and oxygen atoms in total. The Bertz CT molecular complexity index is 751. The number of aryl methyl sites for hydroxylation is 2. The second-order valence-corrected chi connectivity index (χ2v) is 5.49. The summed E-state index contributed by atoms with van der Waals surface area (Å²) in [6.07, 6.45) is 3.00. The Labute approximate surface area is 135 Å². The lowest BCUT2D eigenvalue weighted by Gasteiger charge is -2.28. The van der Waals surface area contributed by atoms with Crippen molar-refractivity contribution in [3.8, 4) is 0 Å². The summed E-state index contributed by atoms with van der Waals surface area (Å²) in [5, 5.41) is 7.07. The number of aromatic nitrogens is 2. The summed E-state index contributed by atoms with van der Waals surface area (Å²) in [5.74, 6) is -0.0710. The molecule has 1 aromatic heterocycles. The first-order valence-electron chi connectivity index (χ1n) is 7.90. The molecule has 0 unspecified atom stereocenters. The lowest BCUT2D eigenvalue weighted by Crippen LogP contribution is -2.34. The molecule has 2 heterocycles. The van der Waals surface area contributed by atoms with E-state index >= 15 is 0 Å². The molecule has 0 saturated heterocycles. The van der Waals surface area contributed by atoms with Crippen molar-refractivity contribution >= 4 is 23.2 Å². The van der Waals surface area contributed by atoms with Gasteiger partial charge in [-0.25, -0.2) is 0 Å². The Morgan fingerprint density at radius 3 is 2.74 bits per heavy atom. The zero-order valence-corrected chi connectivity index (χ0v) is 13.4. The van der Waals surface area contributed by atoms with E-state index in [0.717, 1.165) is 23.5 Å². The van der Waals surface area contributed by atoms with Crippen molar-refractivity contribution < 1.29 is 9.59 Å². The highest BCUT2D eigenvalue weighted by Gasteiger charge is 2.23. The molecular formula is C17H20N4O2. The number of amides is 2. The molecule has 0 bridgehead atoms. The van der Waals surface area contributed by atoms with Gasteiger partial charge < -0.3 is 10.2 Å². The number of benzene rings is 1. The summed E-state index contributed by atoms with van der Waals surface area (Å²) in [6, 6.07) is 7.37. The lowest BCUT2D eigenvalue weighted by atomic mass is 10.0. The van der Waals surface area contributed by atoms with Gasteiger partial charge in [0.2, 0.25) is 5.91 Å². The third kappa shape index (κ3) is 2.97. The molecule has 2 aromatic rings. The molecule has 2 amide bonds. The summed E-state index contributed by atoms with van der Waals surface area (Å²) < 4.78 is 1.71. The Morgan fingerprint density at radius 2 is 2.04 bits per heavy atom. The lowest BCUT2D eigenvalue weighted by molar-refractivity contribution is -0.118. The van der Waals surface area contributed by atoms with Crippen LogP contribution in [0.2, 0.25) is 0 Å². The van der Waals surface area contributed by atoms with Crippen LogP contribution in [0, 0.1) is 0 Å². The largest absolute Gasteiger partial charge is 0.321 e. The Hall–Kier alpha value is -2.63. The van der Waals surface area contributed by atoms with E-state index in [4.69, 9.17) is 0 Å². The molecular weight excluding hydrogens is 292 g/mol. The Kier molecular flexibility index (Phi) is 4.14. The van der Waals surface area contributed by atoms with Crippen LogP contribution in [0.3, 0.4) is 0 Å². The van der Waals surface area contributed by atoms with Crippen LogP contribution >= 0.6 is 0 Å². The zero-order chi connectivity index (χ0) is 16.4. The first kappa shape index (κ1) is 15.3. The second kappa shape index (κ2) is 6.24. The van der Waals surface area contributed by atoms with Crippen LogP contribution in [-0.4, -0.2) is 28.1 Å². The van der Waals surface area contributed by atoms with Gasteiger partial charge >= 0.3 is 0 Å². The highest BCUT2D eigenvalue weighted by atomic mass is 16.2. The SMILES string of the molecule is CCN1C(=O)CCc2cc(NC(=O)c3ccn(CC)n3)ccc21. The molecule has 0 saturated carbocycles. The Balaban J connectivity index is 1.79. The van der Waals surface area contributed by atoms with Crippen LogP contribution in [-0.2, 0) is 17.8 Å². The highest BCUT2D eigenvalue weighted by Crippen LogP contribution is 2.30. The number of nitrogens with zero attached hydrogens (tertiary/aromatic N) is 3. The quantitative estimate of drug-likeness (QED) is 0.943. The fraction of sp³-hybridized carbons (Fsp3) is 0.353. The summed E-state index contributed by atoms with van der Waals surface area (Å²) in [7, 11) is 0. The van der Waals surface area contributed by atoms with Crippen molar-refractivity contribution in [3.63, 3.8) is 0 Å². The maximum atomic E-state index is 12.2. The number of hydrogen-bond acceptors (Lipinski definition) is 3. The van der Waals surface area contributed by atoms with Crippen molar-refractivity contribution in [1.29, 1.82) is 0 Å². The van der Waals surface area contributed by atoms with Gasteiger partial charge in [-0.05, 0) is 50.1 Å². The van der Waals surface area contributed by atoms with E-state index in [1.807, 2.05) is 32.0 Å². The third-order valence-electron chi connectivity index (χ3n) is 4.05. The number of carbonyl (C=O) groups excluding carboxylic acids is 2. The maximum absolute atomic E-state index is 12.2. The minimum Gasteiger partial charge on any atom is -0.321 e. The van der Waals surface area contributed by atoms with Gasteiger partial charge in [0.25, 0.3) is 5.91 Å². The van der Waals surface area contributed by atoms with Gasteiger partial charge in [0.15, 0.2) is 5.69 Å². The summed E-state index contributed by atoms with van der Waals surface area (Å²) in [6.45, 7) is 5.32. The average Bonchev–Trinajstić information content (AvgIpc) is 3.04. The summed E-state index contributed by atoms with van der Waals surface area (Å²) in [5.41, 5.74) is 3.15. The Morgan fingerprint density at radius 1 is 1.22 bits per heavy atom. The molecule has 0 radical (unpaired) electrons. The topological polar surface area (TPSA) is 67.2 Å². The van der Waals surface area contributed by atoms with Crippen LogP contribution in [0.4, 0.5) is 11.4 Å². The van der Waals surface area contributed by atoms with E-state index in [1.54, 1.807) is 21.8 Å². The molecule has 1 aliphatic heterocycles. The van der Waals surface area contributed by atoms with Crippen molar-refractivity contribution in [2.24, 2.45) is 0 Å². The summed E-state index contributed by atoms with van der Waals surface area (Å²) in [4.78, 5) is 25.9. The number of hydrogen-bond donors (Lipinski definition) is 1. The minimum atomic E-state index is -0.226. The number of anilines is 2. The number of rotatable bonds is 4. The van der Waals surface area contributed by atoms with E-state index in [0.29, 0.717) is 25.1 Å². The smallest absolute Gasteiger partial charge is 0.276 e. The molecule has 6 heteroatoms. The number of fused-ring (bicyclic) bond motifs is 1. The molecule has 0 fully saturated rings. The minimum absolute atomic E-state index is 0.155. The molecule has 1 aliphatic rings. The van der Waals surface area contributed by atoms with Crippen molar-refractivity contribution in [3.05, 3.63) is 41.7 Å². The van der Waals surface area contributed by atoms with Gasteiger partial charge in [0.05, 0.1) is 0 Å². The van der Waals surface area contributed by atoms with Crippen LogP contribution in [0.1, 0.15) is 36.3 Å². The first-order chi connectivity index (χ1) is 11.1. The first-order valence-corrected chi connectivity index (χ1v) is 7.90. The molecule has 0 aliphatic carbocycles. The van der Waals surface area contributed by atoms with Gasteiger partial charge in [-0.2, -0.15) is 5.10 Å². The fourth-order valence-electron chi connectivity index (χ4n) is 2.84. The van der Waals surface area contributed by atoms with Crippen LogP contribution < -0.4 is 10.2 Å². The van der Waals surface area contributed by atoms with Crippen LogP contribution in [0.15, 0.2) is 30.5 Å². The molecule has 0 spiro atoms. The van der Waals surface area contributed by atoms with Gasteiger partial charge in [-0.15, -0.1) is 0 Å². The predicted octanol–water partition coefficient (Wildman–Crippen LogP) is 2.45. The van der Waals surface area contributed by atoms with Crippen molar-refractivity contribution in [2.45, 2.75) is 33.2 Å². The number of nitrogens with one attached hydrogen (secondary N) is 1. The second-order valence-electron chi connectivity index (χ2n) is 5.49. The zero-order valence-electron chi connectivity index (χ0n) is 13.4. The molecule has 0 atom stereocenters. The third-order valence-corrected chi connectivity index (χ3v) is 4.05. The van der Waals surface area contributed by atoms with E-state index < -0.39 is 0 Å². The molecule has 23 heavy (non-hydrogen) atoms. The van der Waals surface area contributed by atoms with Crippen LogP contribution in [0.25, 0.3) is 0 Å². The number of carbonyl (C=O) groups is 2. The van der Waals surface area contributed by atoms with Crippen molar-refractivity contribution in [1.82, 2.24) is 9.78 Å². The molecule has 3 rings (SSSR count). The normalized spacial score (nSPS) is 13.8. The maximum Gasteiger partial charge on any atom is 0.276 e. The highest BCUT2D eigenvalue weighted by molar-refractivity contribution is 6.03. The van der Waals surface area contributed by atoms with E-state index in [9.17, 15) is 9.59 Å². The fourth-order valence-corrected chi connectivity index (χ4v) is 2.84. The van der Waals surface area contributed by atoms with Gasteiger partial charge in [0.1, 0.15) is 0 Å². The van der Waals surface area contributed by atoms with Crippen molar-refractivity contribution in [2.75, 3.05) is 16.8 Å². The van der Waals surface area contributed by atoms with E-state index in [2.05, 4.69) is 10.4 Å². The van der Waals surface area contributed by atoms with Gasteiger partial charge in [-0.1, -0.05) is 0 Å². The average molecular weight is 312 g/mol. The predicted molar refractivity (Wildman–Crippen MR) is 88.6 cm³/mol. The molecule has 120 valence electrons. The van der Waals surface area contributed by atoms with Crippen LogP contribution in [0.5, 0.6) is 0 Å². The van der Waals surface area contributed by atoms with E-state index in [-0.39, 0.29) is 11.8 Å². The summed E-state index contributed by atoms with van der Waals surface area (Å²) >= 11 is 0. The standard InChI is InChI=1S/C17H20N4O2/c1-3-20-10-9-14(19-20)17(23)18-13-6-7-15-12(11-13)5-8-16(22)21(15)4-2/h6-7,9-11H,3-5,8H2,1-2H3,(H,18,23). The monoisotopic (exact) mass is 312 g/mol.